The van der Waals surface area contributed by atoms with E-state index in [4.69, 9.17) is 15.0 Å². The first-order chi connectivity index (χ1) is 17.0. The highest BCUT2D eigenvalue weighted by atomic mass is 17.1. The van der Waals surface area contributed by atoms with Gasteiger partial charge in [-0.05, 0) is 66.8 Å². The van der Waals surface area contributed by atoms with Crippen LogP contribution in [0.25, 0.3) is 11.3 Å². The molecule has 178 valence electrons. The van der Waals surface area contributed by atoms with Crippen molar-refractivity contribution >= 4 is 11.6 Å². The molecule has 2 N–H and O–H groups in total. The number of rotatable bonds is 8. The van der Waals surface area contributed by atoms with E-state index in [1.165, 1.54) is 7.11 Å². The number of methoxy groups -OCH3 is 1. The smallest absolute Gasteiger partial charge is 0.257 e. The molecule has 35 heavy (non-hydrogen) atoms. The summed E-state index contributed by atoms with van der Waals surface area (Å²) in [5.74, 6) is 0.555. The molecule has 2 aromatic heterocycles. The van der Waals surface area contributed by atoms with Gasteiger partial charge in [-0.15, -0.1) is 0 Å². The van der Waals surface area contributed by atoms with Gasteiger partial charge in [0.25, 0.3) is 5.91 Å². The zero-order valence-corrected chi connectivity index (χ0v) is 19.7. The largest absolute Gasteiger partial charge is 0.493 e. The molecule has 0 saturated heterocycles. The van der Waals surface area contributed by atoms with E-state index in [1.54, 1.807) is 49.1 Å². The van der Waals surface area contributed by atoms with Crippen molar-refractivity contribution in [2.24, 2.45) is 0 Å². The predicted octanol–water partition coefficient (Wildman–Crippen LogP) is 5.31. The van der Waals surface area contributed by atoms with Crippen molar-refractivity contribution in [3.63, 3.8) is 0 Å². The number of aromatic nitrogens is 3. The van der Waals surface area contributed by atoms with Gasteiger partial charge in [-0.3, -0.25) is 14.8 Å². The number of hydrogen-bond acceptors (Lipinski definition) is 7. The number of anilines is 1. The van der Waals surface area contributed by atoms with Crippen molar-refractivity contribution < 1.29 is 19.7 Å². The van der Waals surface area contributed by atoms with Crippen LogP contribution in [-0.4, -0.2) is 33.2 Å². The molecule has 8 heteroatoms. The molecule has 0 aliphatic heterocycles. The minimum atomic E-state index is -0.197. The summed E-state index contributed by atoms with van der Waals surface area (Å²) in [6, 6.07) is 14.7. The Kier molecular flexibility index (Phi) is 7.32. The van der Waals surface area contributed by atoms with Crippen molar-refractivity contribution in [3.05, 3.63) is 95.7 Å². The first-order valence-corrected chi connectivity index (χ1v) is 11.1. The van der Waals surface area contributed by atoms with E-state index >= 15 is 0 Å². The number of aryl methyl sites for hydroxylation is 1. The lowest BCUT2D eigenvalue weighted by molar-refractivity contribution is -0.139. The van der Waals surface area contributed by atoms with Crippen molar-refractivity contribution in [1.82, 2.24) is 15.0 Å². The van der Waals surface area contributed by atoms with Crippen LogP contribution < -0.4 is 14.9 Å². The minimum absolute atomic E-state index is 0.136. The minimum Gasteiger partial charge on any atom is -0.493 e. The van der Waals surface area contributed by atoms with E-state index in [0.717, 1.165) is 28.1 Å². The quantitative estimate of drug-likeness (QED) is 0.266. The van der Waals surface area contributed by atoms with Gasteiger partial charge in [0.15, 0.2) is 5.75 Å². The summed E-state index contributed by atoms with van der Waals surface area (Å²) < 4.78 is 5.26. The molecule has 0 spiro atoms. The van der Waals surface area contributed by atoms with Crippen LogP contribution in [0.3, 0.4) is 0 Å². The van der Waals surface area contributed by atoms with Gasteiger partial charge >= 0.3 is 0 Å². The molecule has 4 aromatic rings. The summed E-state index contributed by atoms with van der Waals surface area (Å²) >= 11 is 0. The van der Waals surface area contributed by atoms with Crippen molar-refractivity contribution in [2.75, 3.05) is 12.4 Å². The Bertz CT molecular complexity index is 1340. The van der Waals surface area contributed by atoms with Gasteiger partial charge in [-0.2, -0.15) is 0 Å². The van der Waals surface area contributed by atoms with E-state index in [-0.39, 0.29) is 17.6 Å². The van der Waals surface area contributed by atoms with Crippen LogP contribution in [0, 0.1) is 6.92 Å². The maximum atomic E-state index is 12.6. The van der Waals surface area contributed by atoms with Gasteiger partial charge in [0, 0.05) is 29.8 Å². The third-order valence-electron chi connectivity index (χ3n) is 5.61. The second-order valence-electron chi connectivity index (χ2n) is 8.29. The van der Waals surface area contributed by atoms with Gasteiger partial charge in [-0.25, -0.2) is 10.2 Å². The van der Waals surface area contributed by atoms with Crippen LogP contribution in [0.4, 0.5) is 5.69 Å². The molecular weight excluding hydrogens is 444 g/mol. The lowest BCUT2D eigenvalue weighted by Crippen LogP contribution is -2.12. The molecule has 0 aliphatic rings. The summed E-state index contributed by atoms with van der Waals surface area (Å²) in [4.78, 5) is 30.1. The number of amides is 1. The van der Waals surface area contributed by atoms with Crippen molar-refractivity contribution in [3.8, 4) is 22.8 Å². The van der Waals surface area contributed by atoms with E-state index in [0.29, 0.717) is 23.4 Å². The van der Waals surface area contributed by atoms with Gasteiger partial charge in [0.05, 0.1) is 30.3 Å². The third-order valence-corrected chi connectivity index (χ3v) is 5.61. The SMILES string of the molecule is COc1cc(-c2cncc(C[C@@H](C)c3cccc(NC(=O)c4cncc(C)c4)c3)n2)ccc1OO. The predicted molar refractivity (Wildman–Crippen MR) is 133 cm³/mol. The summed E-state index contributed by atoms with van der Waals surface area (Å²) in [5, 5.41) is 11.9. The molecule has 0 saturated carbocycles. The Morgan fingerprint density at radius 1 is 1.03 bits per heavy atom. The van der Waals surface area contributed by atoms with Gasteiger partial charge in [-0.1, -0.05) is 19.1 Å². The van der Waals surface area contributed by atoms with Crippen LogP contribution >= 0.6 is 0 Å². The Hall–Kier alpha value is -4.30. The fraction of sp³-hybridized carbons (Fsp3) is 0.185. The average molecular weight is 471 g/mol. The molecule has 4 rings (SSSR count). The summed E-state index contributed by atoms with van der Waals surface area (Å²) in [5.41, 5.74) is 5.55. The maximum absolute atomic E-state index is 12.6. The topological polar surface area (TPSA) is 106 Å². The van der Waals surface area contributed by atoms with Gasteiger partial charge in [0.2, 0.25) is 5.75 Å². The molecule has 0 bridgehead atoms. The Labute approximate surface area is 203 Å². The summed E-state index contributed by atoms with van der Waals surface area (Å²) in [6.07, 6.45) is 7.36. The highest BCUT2D eigenvalue weighted by molar-refractivity contribution is 6.04. The zero-order chi connectivity index (χ0) is 24.8. The van der Waals surface area contributed by atoms with Crippen LogP contribution in [0.15, 0.2) is 73.3 Å². The first-order valence-electron chi connectivity index (χ1n) is 11.1. The zero-order valence-electron chi connectivity index (χ0n) is 19.7. The lowest BCUT2D eigenvalue weighted by atomic mass is 9.95. The monoisotopic (exact) mass is 470 g/mol. The number of ether oxygens (including phenoxy) is 1. The number of benzene rings is 2. The highest BCUT2D eigenvalue weighted by Gasteiger charge is 2.13. The van der Waals surface area contributed by atoms with Crippen LogP contribution in [0.1, 0.15) is 40.0 Å². The number of pyridine rings is 1. The van der Waals surface area contributed by atoms with Gasteiger partial charge < -0.3 is 14.9 Å². The number of hydrogen-bond donors (Lipinski definition) is 2. The lowest BCUT2D eigenvalue weighted by Gasteiger charge is -2.14. The molecule has 2 heterocycles. The molecule has 0 aliphatic carbocycles. The normalized spacial score (nSPS) is 11.5. The van der Waals surface area contributed by atoms with Crippen molar-refractivity contribution in [1.29, 1.82) is 0 Å². The maximum Gasteiger partial charge on any atom is 0.257 e. The fourth-order valence-electron chi connectivity index (χ4n) is 3.78. The van der Waals surface area contributed by atoms with Gasteiger partial charge in [0.1, 0.15) is 0 Å². The number of carbonyl (C=O) groups is 1. The molecule has 8 nitrogen and oxygen atoms in total. The molecule has 0 fully saturated rings. The third kappa shape index (κ3) is 5.80. The standard InChI is InChI=1S/C27H26N4O4/c1-17-9-21(14-28-13-17)27(32)31-22-6-4-5-19(11-22)18(2)10-23-15-29-16-24(30-23)20-7-8-25(35-33)26(12-20)34-3/h4-9,11-16,18,33H,10H2,1-3H3,(H,31,32)/t18-/m1/s1. The van der Waals surface area contributed by atoms with Crippen LogP contribution in [-0.2, 0) is 6.42 Å². The fourth-order valence-corrected chi connectivity index (χ4v) is 3.78. The van der Waals surface area contributed by atoms with Crippen molar-refractivity contribution in [2.45, 2.75) is 26.2 Å². The number of carbonyl (C=O) groups excluding carboxylic acids is 1. The summed E-state index contributed by atoms with van der Waals surface area (Å²) in [7, 11) is 1.50. The molecule has 1 atom stereocenters. The Balaban J connectivity index is 1.49. The van der Waals surface area contributed by atoms with E-state index < -0.39 is 0 Å². The Morgan fingerprint density at radius 2 is 1.86 bits per heavy atom. The van der Waals surface area contributed by atoms with E-state index in [1.807, 2.05) is 31.2 Å². The summed E-state index contributed by atoms with van der Waals surface area (Å²) in [6.45, 7) is 4.01. The second kappa shape index (κ2) is 10.8. The second-order valence-corrected chi connectivity index (χ2v) is 8.29. The molecule has 2 aromatic carbocycles. The average Bonchev–Trinajstić information content (AvgIpc) is 2.88. The molecule has 0 radical (unpaired) electrons. The molecular formula is C27H26N4O4. The number of nitrogens with zero attached hydrogens (tertiary/aromatic N) is 3. The van der Waals surface area contributed by atoms with E-state index in [2.05, 4.69) is 27.1 Å². The van der Waals surface area contributed by atoms with Crippen LogP contribution in [0.2, 0.25) is 0 Å². The highest BCUT2D eigenvalue weighted by Crippen LogP contribution is 2.31. The molecule has 0 unspecified atom stereocenters. The van der Waals surface area contributed by atoms with E-state index in [9.17, 15) is 4.79 Å². The van der Waals surface area contributed by atoms with Crippen LogP contribution in [0.5, 0.6) is 11.5 Å². The first kappa shape index (κ1) is 23.8. The molecule has 1 amide bonds. The number of nitrogens with one attached hydrogen (secondary N) is 1. The Morgan fingerprint density at radius 3 is 2.63 bits per heavy atom.